The predicted octanol–water partition coefficient (Wildman–Crippen LogP) is 3.78. The summed E-state index contributed by atoms with van der Waals surface area (Å²) in [6.45, 7) is 2.21. The molecule has 0 amide bonds. The number of nitrogens with two attached hydrogens (primary N) is 1. The first kappa shape index (κ1) is 13.4. The van der Waals surface area contributed by atoms with Crippen molar-refractivity contribution >= 4 is 0 Å². The van der Waals surface area contributed by atoms with Gasteiger partial charge in [-0.3, -0.25) is 0 Å². The zero-order valence-electron chi connectivity index (χ0n) is 11.4. The van der Waals surface area contributed by atoms with Gasteiger partial charge in [-0.2, -0.15) is 0 Å². The minimum atomic E-state index is 0.316. The molecule has 0 aromatic rings. The van der Waals surface area contributed by atoms with Crippen molar-refractivity contribution in [1.82, 2.24) is 0 Å². The number of hydrogen-bond donors (Lipinski definition) is 1. The average molecular weight is 239 g/mol. The van der Waals surface area contributed by atoms with Crippen molar-refractivity contribution in [2.45, 2.75) is 95.3 Å². The normalized spacial score (nSPS) is 28.9. The maximum Gasteiger partial charge on any atom is 0.0687 e. The van der Waals surface area contributed by atoms with Gasteiger partial charge in [-0.05, 0) is 51.4 Å². The van der Waals surface area contributed by atoms with E-state index in [1.54, 1.807) is 0 Å². The topological polar surface area (TPSA) is 35.2 Å². The lowest BCUT2D eigenvalue weighted by atomic mass is 9.97. The molecule has 0 radical (unpaired) electrons. The Bertz CT molecular complexity index is 223. The molecular formula is C15H29NO. The van der Waals surface area contributed by atoms with Crippen molar-refractivity contribution < 1.29 is 4.74 Å². The second-order valence-electron chi connectivity index (χ2n) is 6.15. The van der Waals surface area contributed by atoms with Gasteiger partial charge < -0.3 is 10.5 Å². The standard InChI is InChI=1S/C15H29NO/c1-2-6-13(16)7-5-8-14-9-12-15(17-14)10-3-4-11-15/h13-14H,2-12,16H2,1H3. The fourth-order valence-electron chi connectivity index (χ4n) is 3.61. The Morgan fingerprint density at radius 1 is 1.24 bits per heavy atom. The summed E-state index contributed by atoms with van der Waals surface area (Å²) in [4.78, 5) is 0. The molecule has 2 heteroatoms. The number of ether oxygens (including phenoxy) is 1. The van der Waals surface area contributed by atoms with Gasteiger partial charge in [-0.1, -0.05) is 26.2 Å². The molecule has 2 unspecified atom stereocenters. The lowest BCUT2D eigenvalue weighted by Crippen LogP contribution is -2.25. The molecule has 1 aliphatic heterocycles. The van der Waals surface area contributed by atoms with Crippen LogP contribution in [0.2, 0.25) is 0 Å². The lowest BCUT2D eigenvalue weighted by Gasteiger charge is -2.24. The highest BCUT2D eigenvalue weighted by Gasteiger charge is 2.41. The SMILES string of the molecule is CCCC(N)CCCC1CCC2(CCCC2)O1. The molecule has 1 saturated heterocycles. The Kier molecular flexibility index (Phi) is 4.87. The van der Waals surface area contributed by atoms with Crippen molar-refractivity contribution in [1.29, 1.82) is 0 Å². The molecule has 17 heavy (non-hydrogen) atoms. The molecule has 2 rings (SSSR count). The molecule has 2 nitrogen and oxygen atoms in total. The van der Waals surface area contributed by atoms with Crippen LogP contribution in [0.15, 0.2) is 0 Å². The van der Waals surface area contributed by atoms with Gasteiger partial charge in [0.15, 0.2) is 0 Å². The Morgan fingerprint density at radius 3 is 2.71 bits per heavy atom. The smallest absolute Gasteiger partial charge is 0.0687 e. The summed E-state index contributed by atoms with van der Waals surface area (Å²) in [5, 5.41) is 0. The third-order valence-electron chi connectivity index (χ3n) is 4.61. The van der Waals surface area contributed by atoms with E-state index >= 15 is 0 Å². The molecule has 0 aromatic carbocycles. The van der Waals surface area contributed by atoms with Gasteiger partial charge >= 0.3 is 0 Å². The van der Waals surface area contributed by atoms with Gasteiger partial charge in [0.2, 0.25) is 0 Å². The van der Waals surface area contributed by atoms with Crippen molar-refractivity contribution in [2.75, 3.05) is 0 Å². The predicted molar refractivity (Wildman–Crippen MR) is 72.0 cm³/mol. The Balaban J connectivity index is 1.61. The molecule has 2 aliphatic rings. The Morgan fingerprint density at radius 2 is 2.00 bits per heavy atom. The minimum absolute atomic E-state index is 0.316. The van der Waals surface area contributed by atoms with E-state index < -0.39 is 0 Å². The highest BCUT2D eigenvalue weighted by molar-refractivity contribution is 4.92. The van der Waals surface area contributed by atoms with Crippen LogP contribution >= 0.6 is 0 Å². The summed E-state index contributed by atoms with van der Waals surface area (Å²) >= 11 is 0. The van der Waals surface area contributed by atoms with Crippen LogP contribution in [0, 0.1) is 0 Å². The van der Waals surface area contributed by atoms with E-state index in [-0.39, 0.29) is 0 Å². The quantitative estimate of drug-likeness (QED) is 0.765. The van der Waals surface area contributed by atoms with E-state index in [4.69, 9.17) is 10.5 Å². The van der Waals surface area contributed by atoms with E-state index in [2.05, 4.69) is 6.92 Å². The third-order valence-corrected chi connectivity index (χ3v) is 4.61. The Labute approximate surface area is 106 Å². The molecule has 1 aliphatic carbocycles. The van der Waals surface area contributed by atoms with Gasteiger partial charge in [0.05, 0.1) is 11.7 Å². The first-order valence-electron chi connectivity index (χ1n) is 7.67. The van der Waals surface area contributed by atoms with Crippen LogP contribution in [0.4, 0.5) is 0 Å². The van der Waals surface area contributed by atoms with Gasteiger partial charge in [-0.25, -0.2) is 0 Å². The van der Waals surface area contributed by atoms with Crippen LogP contribution in [0.25, 0.3) is 0 Å². The van der Waals surface area contributed by atoms with E-state index in [0.29, 0.717) is 17.7 Å². The first-order valence-corrected chi connectivity index (χ1v) is 7.67. The highest BCUT2D eigenvalue weighted by atomic mass is 16.5. The van der Waals surface area contributed by atoms with E-state index in [1.807, 2.05) is 0 Å². The average Bonchev–Trinajstić information content (AvgIpc) is 2.91. The molecule has 2 fully saturated rings. The summed E-state index contributed by atoms with van der Waals surface area (Å²) in [7, 11) is 0. The molecule has 100 valence electrons. The van der Waals surface area contributed by atoms with Crippen LogP contribution in [0.1, 0.15) is 77.6 Å². The molecule has 0 aromatic heterocycles. The van der Waals surface area contributed by atoms with Crippen LogP contribution in [-0.2, 0) is 4.74 Å². The maximum absolute atomic E-state index is 6.31. The summed E-state index contributed by atoms with van der Waals surface area (Å²) in [6, 6.07) is 0.418. The molecule has 2 N–H and O–H groups in total. The van der Waals surface area contributed by atoms with Crippen LogP contribution < -0.4 is 5.73 Å². The van der Waals surface area contributed by atoms with Crippen molar-refractivity contribution in [3.8, 4) is 0 Å². The van der Waals surface area contributed by atoms with Crippen LogP contribution in [0.3, 0.4) is 0 Å². The second-order valence-corrected chi connectivity index (χ2v) is 6.15. The molecule has 0 bridgehead atoms. The molecule has 1 heterocycles. The lowest BCUT2D eigenvalue weighted by molar-refractivity contribution is -0.0396. The second kappa shape index (κ2) is 6.19. The molecule has 1 saturated carbocycles. The summed E-state index contributed by atoms with van der Waals surface area (Å²) in [6.07, 6.45) is 14.6. The zero-order valence-corrected chi connectivity index (χ0v) is 11.4. The number of rotatable bonds is 6. The summed E-state index contributed by atoms with van der Waals surface area (Å²) < 4.78 is 6.31. The zero-order chi connectivity index (χ0) is 12.1. The van der Waals surface area contributed by atoms with Crippen LogP contribution in [0.5, 0.6) is 0 Å². The molecule has 2 atom stereocenters. The van der Waals surface area contributed by atoms with Gasteiger partial charge in [0, 0.05) is 6.04 Å². The Hall–Kier alpha value is -0.0800. The fraction of sp³-hybridized carbons (Fsp3) is 1.00. The van der Waals surface area contributed by atoms with Crippen molar-refractivity contribution in [2.24, 2.45) is 5.73 Å². The first-order chi connectivity index (χ1) is 8.24. The third kappa shape index (κ3) is 3.69. The van der Waals surface area contributed by atoms with Crippen LogP contribution in [-0.4, -0.2) is 17.7 Å². The van der Waals surface area contributed by atoms with Gasteiger partial charge in [-0.15, -0.1) is 0 Å². The fourth-order valence-corrected chi connectivity index (χ4v) is 3.61. The van der Waals surface area contributed by atoms with E-state index in [1.165, 1.54) is 70.6 Å². The largest absolute Gasteiger partial charge is 0.372 e. The van der Waals surface area contributed by atoms with Crippen molar-refractivity contribution in [3.63, 3.8) is 0 Å². The molecule has 1 spiro atoms. The monoisotopic (exact) mass is 239 g/mol. The maximum atomic E-state index is 6.31. The van der Waals surface area contributed by atoms with Gasteiger partial charge in [0.1, 0.15) is 0 Å². The summed E-state index contributed by atoms with van der Waals surface area (Å²) in [5.41, 5.74) is 6.36. The van der Waals surface area contributed by atoms with Crippen molar-refractivity contribution in [3.05, 3.63) is 0 Å². The molecular weight excluding hydrogens is 210 g/mol. The summed E-state index contributed by atoms with van der Waals surface area (Å²) in [5.74, 6) is 0. The minimum Gasteiger partial charge on any atom is -0.372 e. The van der Waals surface area contributed by atoms with E-state index in [9.17, 15) is 0 Å². The number of hydrogen-bond acceptors (Lipinski definition) is 2. The van der Waals surface area contributed by atoms with E-state index in [0.717, 1.165) is 0 Å². The van der Waals surface area contributed by atoms with Gasteiger partial charge in [0.25, 0.3) is 0 Å². The highest BCUT2D eigenvalue weighted by Crippen LogP contribution is 2.44.